The first kappa shape index (κ1) is 13.2. The number of hydrogen-bond donors (Lipinski definition) is 0. The summed E-state index contributed by atoms with van der Waals surface area (Å²) in [5.41, 5.74) is 2.55. The minimum absolute atomic E-state index is 0.872. The van der Waals surface area contributed by atoms with Crippen LogP contribution in [0.5, 0.6) is 0 Å². The Kier molecular flexibility index (Phi) is 4.45. The molecule has 0 bridgehead atoms. The van der Waals surface area contributed by atoms with Crippen molar-refractivity contribution < 1.29 is 4.55 Å². The molecule has 0 radical (unpaired) electrons. The van der Waals surface area contributed by atoms with Crippen molar-refractivity contribution in [3.05, 3.63) is 59.7 Å². The van der Waals surface area contributed by atoms with E-state index in [2.05, 4.69) is 13.8 Å². The molecular formula is C16H18OS. The van der Waals surface area contributed by atoms with Gasteiger partial charge in [0.1, 0.15) is 0 Å². The van der Waals surface area contributed by atoms with Gasteiger partial charge in [-0.1, -0.05) is 38.1 Å². The zero-order valence-corrected chi connectivity index (χ0v) is 11.7. The first-order valence-electron chi connectivity index (χ1n) is 6.34. The molecule has 2 aromatic carbocycles. The first-order chi connectivity index (χ1) is 8.74. The molecule has 0 N–H and O–H groups in total. The molecule has 0 aromatic heterocycles. The average Bonchev–Trinajstić information content (AvgIpc) is 2.47. The Morgan fingerprint density at radius 1 is 0.722 bits per heavy atom. The number of rotatable bonds is 4. The fourth-order valence-corrected chi connectivity index (χ4v) is 2.87. The fourth-order valence-electron chi connectivity index (χ4n) is 1.83. The van der Waals surface area contributed by atoms with Crippen LogP contribution in [0.1, 0.15) is 25.0 Å². The van der Waals surface area contributed by atoms with Gasteiger partial charge in [0, 0.05) is 11.2 Å². The summed E-state index contributed by atoms with van der Waals surface area (Å²) in [6.45, 7) is 4.24. The Labute approximate surface area is 112 Å². The molecule has 18 heavy (non-hydrogen) atoms. The number of hydrogen-bond acceptors (Lipinski definition) is 1. The van der Waals surface area contributed by atoms with Crippen molar-refractivity contribution in [1.82, 2.24) is 0 Å². The molecule has 0 saturated carbocycles. The van der Waals surface area contributed by atoms with Crippen LogP contribution in [-0.2, 0) is 24.0 Å². The molecule has 0 spiro atoms. The van der Waals surface area contributed by atoms with Gasteiger partial charge in [-0.2, -0.15) is 0 Å². The summed E-state index contributed by atoms with van der Waals surface area (Å²) in [4.78, 5) is 1.74. The molecule has 0 saturated heterocycles. The first-order valence-corrected chi connectivity index (χ1v) is 7.49. The zero-order valence-electron chi connectivity index (χ0n) is 10.8. The minimum atomic E-state index is -1.07. The molecule has 2 aromatic rings. The summed E-state index contributed by atoms with van der Waals surface area (Å²) in [5.74, 6) is 0. The van der Waals surface area contributed by atoms with Crippen molar-refractivity contribution in [1.29, 1.82) is 0 Å². The largest absolute Gasteiger partial charge is 0.606 e. The third-order valence-corrected chi connectivity index (χ3v) is 4.49. The Balaban J connectivity index is 2.20. The quantitative estimate of drug-likeness (QED) is 0.761. The molecule has 0 heterocycles. The Hall–Kier alpha value is -1.25. The second-order valence-corrected chi connectivity index (χ2v) is 5.74. The smallest absolute Gasteiger partial charge is 0.158 e. The second-order valence-electron chi connectivity index (χ2n) is 4.26. The molecule has 0 amide bonds. The average molecular weight is 258 g/mol. The summed E-state index contributed by atoms with van der Waals surface area (Å²) in [7, 11) is 0. The van der Waals surface area contributed by atoms with E-state index in [0.29, 0.717) is 0 Å². The van der Waals surface area contributed by atoms with Gasteiger partial charge in [0.2, 0.25) is 0 Å². The molecule has 0 unspecified atom stereocenters. The highest BCUT2D eigenvalue weighted by molar-refractivity contribution is 7.91. The van der Waals surface area contributed by atoms with E-state index < -0.39 is 11.2 Å². The topological polar surface area (TPSA) is 23.1 Å². The SMILES string of the molecule is CCc1ccc([S+]([O-])c2ccc(CC)cc2)cc1. The summed E-state index contributed by atoms with van der Waals surface area (Å²) < 4.78 is 12.4. The normalized spacial score (nSPS) is 10.9. The van der Waals surface area contributed by atoms with Crippen molar-refractivity contribution in [2.75, 3.05) is 0 Å². The minimum Gasteiger partial charge on any atom is -0.606 e. The van der Waals surface area contributed by atoms with Gasteiger partial charge in [-0.25, -0.2) is 0 Å². The lowest BCUT2D eigenvalue weighted by molar-refractivity contribution is 0.595. The lowest BCUT2D eigenvalue weighted by Crippen LogP contribution is -2.02. The highest BCUT2D eigenvalue weighted by Crippen LogP contribution is 2.21. The van der Waals surface area contributed by atoms with Crippen molar-refractivity contribution in [2.24, 2.45) is 0 Å². The van der Waals surface area contributed by atoms with Crippen LogP contribution in [0.3, 0.4) is 0 Å². The van der Waals surface area contributed by atoms with Gasteiger partial charge in [-0.05, 0) is 48.2 Å². The monoisotopic (exact) mass is 258 g/mol. The van der Waals surface area contributed by atoms with Gasteiger partial charge in [0.25, 0.3) is 0 Å². The molecule has 2 heteroatoms. The van der Waals surface area contributed by atoms with Crippen LogP contribution in [0.25, 0.3) is 0 Å². The Morgan fingerprint density at radius 3 is 1.33 bits per heavy atom. The maximum Gasteiger partial charge on any atom is 0.158 e. The van der Waals surface area contributed by atoms with Crippen LogP contribution >= 0.6 is 0 Å². The third kappa shape index (κ3) is 2.95. The van der Waals surface area contributed by atoms with Crippen LogP contribution in [0.4, 0.5) is 0 Å². The van der Waals surface area contributed by atoms with Gasteiger partial charge in [0.15, 0.2) is 9.79 Å². The van der Waals surface area contributed by atoms with Crippen molar-refractivity contribution >= 4 is 11.2 Å². The van der Waals surface area contributed by atoms with Crippen molar-refractivity contribution in [2.45, 2.75) is 36.5 Å². The molecule has 0 aliphatic rings. The Morgan fingerprint density at radius 2 is 1.06 bits per heavy atom. The molecule has 0 fully saturated rings. The van der Waals surface area contributed by atoms with Crippen LogP contribution < -0.4 is 0 Å². The lowest BCUT2D eigenvalue weighted by Gasteiger charge is -2.10. The lowest BCUT2D eigenvalue weighted by atomic mass is 10.2. The molecule has 1 nitrogen and oxygen atoms in total. The van der Waals surface area contributed by atoms with Crippen molar-refractivity contribution in [3.63, 3.8) is 0 Å². The molecular weight excluding hydrogens is 240 g/mol. The summed E-state index contributed by atoms with van der Waals surface area (Å²) in [5, 5.41) is 0. The number of aryl methyl sites for hydroxylation is 2. The van der Waals surface area contributed by atoms with Gasteiger partial charge in [-0.3, -0.25) is 0 Å². The van der Waals surface area contributed by atoms with Crippen molar-refractivity contribution in [3.8, 4) is 0 Å². The van der Waals surface area contributed by atoms with Gasteiger partial charge >= 0.3 is 0 Å². The van der Waals surface area contributed by atoms with E-state index >= 15 is 0 Å². The maximum atomic E-state index is 12.4. The van der Waals surface area contributed by atoms with Crippen LogP contribution in [0.2, 0.25) is 0 Å². The Bertz CT molecular complexity index is 440. The van der Waals surface area contributed by atoms with Crippen LogP contribution in [0.15, 0.2) is 58.3 Å². The van der Waals surface area contributed by atoms with E-state index in [1.54, 1.807) is 0 Å². The van der Waals surface area contributed by atoms with E-state index in [-0.39, 0.29) is 0 Å². The van der Waals surface area contributed by atoms with Gasteiger partial charge in [-0.15, -0.1) is 0 Å². The second kappa shape index (κ2) is 6.07. The molecule has 2 rings (SSSR count). The van der Waals surface area contributed by atoms with E-state index in [1.165, 1.54) is 11.1 Å². The molecule has 0 atom stereocenters. The predicted molar refractivity (Wildman–Crippen MR) is 76.3 cm³/mol. The summed E-state index contributed by atoms with van der Waals surface area (Å²) in [6, 6.07) is 16.0. The van der Waals surface area contributed by atoms with E-state index in [0.717, 1.165) is 22.6 Å². The van der Waals surface area contributed by atoms with E-state index in [9.17, 15) is 4.55 Å². The standard InChI is InChI=1S/C16H18OS/c1-3-13-5-9-15(10-6-13)18(17)16-11-7-14(4-2)8-12-16/h5-12H,3-4H2,1-2H3. The highest BCUT2D eigenvalue weighted by Gasteiger charge is 2.14. The van der Waals surface area contributed by atoms with Crippen LogP contribution in [-0.4, -0.2) is 4.55 Å². The maximum absolute atomic E-state index is 12.4. The third-order valence-electron chi connectivity index (χ3n) is 3.09. The van der Waals surface area contributed by atoms with E-state index in [4.69, 9.17) is 0 Å². The van der Waals surface area contributed by atoms with Crippen LogP contribution in [0, 0.1) is 0 Å². The summed E-state index contributed by atoms with van der Waals surface area (Å²) in [6.07, 6.45) is 2.02. The van der Waals surface area contributed by atoms with Gasteiger partial charge in [0.05, 0.1) is 0 Å². The zero-order chi connectivity index (χ0) is 13.0. The molecule has 0 aliphatic heterocycles. The highest BCUT2D eigenvalue weighted by atomic mass is 32.2. The fraction of sp³-hybridized carbons (Fsp3) is 0.250. The van der Waals surface area contributed by atoms with Gasteiger partial charge < -0.3 is 4.55 Å². The summed E-state index contributed by atoms with van der Waals surface area (Å²) >= 11 is -1.07. The van der Waals surface area contributed by atoms with E-state index in [1.807, 2.05) is 48.5 Å². The number of benzene rings is 2. The molecule has 0 aliphatic carbocycles. The molecule has 94 valence electrons. The predicted octanol–water partition coefficient (Wildman–Crippen LogP) is 3.98.